The molecule has 7 heteroatoms. The Balaban J connectivity index is 2.00. The van der Waals surface area contributed by atoms with Gasteiger partial charge in [-0.2, -0.15) is 0 Å². The second-order valence-corrected chi connectivity index (χ2v) is 8.08. The van der Waals surface area contributed by atoms with E-state index in [1.165, 1.54) is 4.57 Å². The zero-order valence-electron chi connectivity index (χ0n) is 14.3. The molecule has 138 valence electrons. The molecule has 0 unspecified atom stereocenters. The second kappa shape index (κ2) is 8.03. The molecule has 4 aromatic rings. The summed E-state index contributed by atoms with van der Waals surface area (Å²) in [7, 11) is 0. The average Bonchev–Trinajstić information content (AvgIpc) is 2.69. The van der Waals surface area contributed by atoms with Crippen LogP contribution in [0.3, 0.4) is 0 Å². The van der Waals surface area contributed by atoms with Gasteiger partial charge in [-0.1, -0.05) is 29.3 Å². The maximum atomic E-state index is 13.3. The molecule has 2 aromatic heterocycles. The molecular formula is C21H12Cl2IN3O. The molecule has 2 aromatic carbocycles. The Morgan fingerprint density at radius 1 is 1.04 bits per heavy atom. The molecule has 0 spiro atoms. The minimum Gasteiger partial charge on any atom is -0.268 e. The van der Waals surface area contributed by atoms with Gasteiger partial charge in [0.15, 0.2) is 0 Å². The number of benzene rings is 2. The van der Waals surface area contributed by atoms with E-state index in [2.05, 4.69) is 27.6 Å². The third-order valence-electron chi connectivity index (χ3n) is 4.12. The number of nitrogens with zero attached hydrogens (tertiary/aromatic N) is 3. The summed E-state index contributed by atoms with van der Waals surface area (Å²) in [4.78, 5) is 22.1. The molecule has 28 heavy (non-hydrogen) atoms. The fraction of sp³-hybridized carbons (Fsp3) is 0. The third kappa shape index (κ3) is 3.83. The van der Waals surface area contributed by atoms with Crippen LogP contribution >= 0.6 is 45.8 Å². The monoisotopic (exact) mass is 519 g/mol. The highest BCUT2D eigenvalue weighted by Crippen LogP contribution is 2.25. The summed E-state index contributed by atoms with van der Waals surface area (Å²) in [5.41, 5.74) is 1.85. The zero-order valence-corrected chi connectivity index (χ0v) is 18.0. The van der Waals surface area contributed by atoms with Crippen LogP contribution in [-0.4, -0.2) is 14.5 Å². The molecule has 0 aliphatic heterocycles. The Hall–Kier alpha value is -2.22. The second-order valence-electron chi connectivity index (χ2n) is 5.99. The zero-order chi connectivity index (χ0) is 19.7. The average molecular weight is 520 g/mol. The Kier molecular flexibility index (Phi) is 5.48. The van der Waals surface area contributed by atoms with Gasteiger partial charge in [0.25, 0.3) is 5.56 Å². The molecule has 0 aliphatic rings. The normalized spacial score (nSPS) is 11.4. The van der Waals surface area contributed by atoms with Gasteiger partial charge in [-0.05, 0) is 82.8 Å². The summed E-state index contributed by atoms with van der Waals surface area (Å²) in [6.07, 6.45) is 7.07. The van der Waals surface area contributed by atoms with Gasteiger partial charge in [-0.3, -0.25) is 14.3 Å². The molecule has 4 rings (SSSR count). The van der Waals surface area contributed by atoms with Crippen molar-refractivity contribution in [3.63, 3.8) is 0 Å². The van der Waals surface area contributed by atoms with Gasteiger partial charge >= 0.3 is 0 Å². The number of pyridine rings is 1. The molecule has 0 saturated heterocycles. The van der Waals surface area contributed by atoms with Crippen molar-refractivity contribution < 1.29 is 0 Å². The molecule has 0 radical (unpaired) electrons. The van der Waals surface area contributed by atoms with E-state index >= 15 is 0 Å². The lowest BCUT2D eigenvalue weighted by molar-refractivity contribution is 0.944. The highest BCUT2D eigenvalue weighted by atomic mass is 127. The van der Waals surface area contributed by atoms with Gasteiger partial charge in [0, 0.05) is 21.0 Å². The number of halogens is 3. The van der Waals surface area contributed by atoms with Crippen LogP contribution in [0.15, 0.2) is 65.7 Å². The van der Waals surface area contributed by atoms with Crippen molar-refractivity contribution in [2.75, 3.05) is 0 Å². The van der Waals surface area contributed by atoms with Crippen LogP contribution in [0.2, 0.25) is 10.0 Å². The van der Waals surface area contributed by atoms with Gasteiger partial charge in [-0.15, -0.1) is 0 Å². The molecule has 2 heterocycles. The smallest absolute Gasteiger partial charge is 0.266 e. The lowest BCUT2D eigenvalue weighted by atomic mass is 10.2. The number of fused-ring (bicyclic) bond motifs is 1. The van der Waals surface area contributed by atoms with Crippen LogP contribution in [-0.2, 0) is 0 Å². The molecule has 0 atom stereocenters. The van der Waals surface area contributed by atoms with Crippen molar-refractivity contribution in [3.05, 3.63) is 96.3 Å². The van der Waals surface area contributed by atoms with Crippen LogP contribution in [0.1, 0.15) is 11.4 Å². The van der Waals surface area contributed by atoms with Gasteiger partial charge in [-0.25, -0.2) is 4.98 Å². The molecule has 0 N–H and O–H groups in total. The molecule has 0 bridgehead atoms. The van der Waals surface area contributed by atoms with Crippen molar-refractivity contribution in [2.24, 2.45) is 0 Å². The number of aromatic nitrogens is 3. The topological polar surface area (TPSA) is 47.8 Å². The van der Waals surface area contributed by atoms with Gasteiger partial charge in [0.2, 0.25) is 0 Å². The van der Waals surface area contributed by atoms with E-state index in [0.717, 1.165) is 9.13 Å². The first-order valence-corrected chi connectivity index (χ1v) is 10.1. The quantitative estimate of drug-likeness (QED) is 0.318. The van der Waals surface area contributed by atoms with Crippen LogP contribution in [0, 0.1) is 3.57 Å². The molecule has 0 saturated carbocycles. The van der Waals surface area contributed by atoms with E-state index < -0.39 is 0 Å². The SMILES string of the molecule is O=c1c2cc(I)ccc2nc(C=Cc2cccnc2)n1-c1ccc(Cl)cc1Cl. The lowest BCUT2D eigenvalue weighted by Gasteiger charge is -2.13. The maximum Gasteiger partial charge on any atom is 0.266 e. The number of hydrogen-bond donors (Lipinski definition) is 0. The van der Waals surface area contributed by atoms with E-state index in [0.29, 0.717) is 32.5 Å². The Bertz CT molecular complexity index is 1270. The van der Waals surface area contributed by atoms with Crippen LogP contribution < -0.4 is 5.56 Å². The predicted octanol–water partition coefficient (Wildman–Crippen LogP) is 5.86. The Morgan fingerprint density at radius 2 is 1.89 bits per heavy atom. The van der Waals surface area contributed by atoms with Crippen molar-refractivity contribution in [1.29, 1.82) is 0 Å². The predicted molar refractivity (Wildman–Crippen MR) is 123 cm³/mol. The Morgan fingerprint density at radius 3 is 2.64 bits per heavy atom. The van der Waals surface area contributed by atoms with Gasteiger partial charge < -0.3 is 0 Å². The first-order valence-electron chi connectivity index (χ1n) is 8.29. The van der Waals surface area contributed by atoms with E-state index in [1.807, 2.05) is 36.4 Å². The van der Waals surface area contributed by atoms with Crippen LogP contribution in [0.5, 0.6) is 0 Å². The number of rotatable bonds is 3. The summed E-state index contributed by atoms with van der Waals surface area (Å²) in [5.74, 6) is 0.465. The summed E-state index contributed by atoms with van der Waals surface area (Å²) >= 11 is 14.6. The molecule has 0 aliphatic carbocycles. The lowest BCUT2D eigenvalue weighted by Crippen LogP contribution is -2.22. The fourth-order valence-corrected chi connectivity index (χ4v) is 3.81. The molecule has 0 fully saturated rings. The van der Waals surface area contributed by atoms with Gasteiger partial charge in [0.1, 0.15) is 5.82 Å². The van der Waals surface area contributed by atoms with E-state index in [4.69, 9.17) is 28.2 Å². The van der Waals surface area contributed by atoms with Crippen molar-refractivity contribution in [2.45, 2.75) is 0 Å². The fourth-order valence-electron chi connectivity index (χ4n) is 2.83. The molecular weight excluding hydrogens is 508 g/mol. The van der Waals surface area contributed by atoms with Gasteiger partial charge in [0.05, 0.1) is 21.6 Å². The molecule has 0 amide bonds. The highest BCUT2D eigenvalue weighted by Gasteiger charge is 2.14. The third-order valence-corrected chi connectivity index (χ3v) is 5.32. The first-order chi connectivity index (χ1) is 13.5. The van der Waals surface area contributed by atoms with Crippen molar-refractivity contribution >= 4 is 68.8 Å². The minimum absolute atomic E-state index is 0.196. The number of hydrogen-bond acceptors (Lipinski definition) is 3. The van der Waals surface area contributed by atoms with E-state index in [9.17, 15) is 4.79 Å². The highest BCUT2D eigenvalue weighted by molar-refractivity contribution is 14.1. The first kappa shape index (κ1) is 19.1. The summed E-state index contributed by atoms with van der Waals surface area (Å²) in [6, 6.07) is 14.4. The van der Waals surface area contributed by atoms with Crippen LogP contribution in [0.4, 0.5) is 0 Å². The van der Waals surface area contributed by atoms with Crippen LogP contribution in [0.25, 0.3) is 28.7 Å². The summed E-state index contributed by atoms with van der Waals surface area (Å²) in [5, 5.41) is 1.39. The summed E-state index contributed by atoms with van der Waals surface area (Å²) < 4.78 is 2.46. The Labute approximate surface area is 184 Å². The minimum atomic E-state index is -0.196. The molecule has 4 nitrogen and oxygen atoms in total. The van der Waals surface area contributed by atoms with E-state index in [1.54, 1.807) is 36.7 Å². The van der Waals surface area contributed by atoms with E-state index in [-0.39, 0.29) is 5.56 Å². The summed E-state index contributed by atoms with van der Waals surface area (Å²) in [6.45, 7) is 0. The van der Waals surface area contributed by atoms with Crippen molar-refractivity contribution in [3.8, 4) is 5.69 Å². The largest absolute Gasteiger partial charge is 0.268 e. The van der Waals surface area contributed by atoms with Crippen molar-refractivity contribution in [1.82, 2.24) is 14.5 Å². The maximum absolute atomic E-state index is 13.3. The standard InChI is InChI=1S/C21H12Cl2IN3O/c22-14-4-7-19(17(23)10-14)27-20(8-3-13-2-1-9-25-12-13)26-18-6-5-15(24)11-16(18)21(27)28/h1-12H.